The first kappa shape index (κ1) is 14.8. The standard InChI is InChI=1S/C15H17N3O3/c1-18-13(7-8-17-18)14(19)16-10-12(15(20)21)9-11-5-3-2-4-6-11/h2-8,12H,9-10H2,1H3,(H,16,19)(H,20,21). The number of aromatic nitrogens is 2. The number of carbonyl (C=O) groups excluding carboxylic acids is 1. The molecule has 1 aromatic heterocycles. The van der Waals surface area contributed by atoms with Crippen LogP contribution in [-0.2, 0) is 18.3 Å². The maximum Gasteiger partial charge on any atom is 0.308 e. The minimum atomic E-state index is -0.927. The molecule has 0 bridgehead atoms. The smallest absolute Gasteiger partial charge is 0.308 e. The van der Waals surface area contributed by atoms with Crippen molar-refractivity contribution in [1.29, 1.82) is 0 Å². The predicted octanol–water partition coefficient (Wildman–Crippen LogP) is 1.09. The molecule has 0 saturated carbocycles. The molecule has 0 fully saturated rings. The van der Waals surface area contributed by atoms with Crippen LogP contribution in [0.5, 0.6) is 0 Å². The first-order valence-electron chi connectivity index (χ1n) is 6.61. The number of amides is 1. The van der Waals surface area contributed by atoms with Crippen LogP contribution in [0.15, 0.2) is 42.6 Å². The molecule has 21 heavy (non-hydrogen) atoms. The lowest BCUT2D eigenvalue weighted by atomic mass is 9.99. The van der Waals surface area contributed by atoms with Crippen molar-refractivity contribution >= 4 is 11.9 Å². The summed E-state index contributed by atoms with van der Waals surface area (Å²) in [5.74, 6) is -1.91. The van der Waals surface area contributed by atoms with Gasteiger partial charge in [-0.3, -0.25) is 14.3 Å². The van der Waals surface area contributed by atoms with Crippen LogP contribution in [0.3, 0.4) is 0 Å². The number of hydrogen-bond acceptors (Lipinski definition) is 3. The summed E-state index contributed by atoms with van der Waals surface area (Å²) in [5, 5.41) is 15.8. The van der Waals surface area contributed by atoms with Crippen LogP contribution in [-0.4, -0.2) is 33.3 Å². The molecule has 6 heteroatoms. The van der Waals surface area contributed by atoms with E-state index >= 15 is 0 Å². The number of benzene rings is 1. The van der Waals surface area contributed by atoms with Crippen molar-refractivity contribution < 1.29 is 14.7 Å². The van der Waals surface area contributed by atoms with Crippen molar-refractivity contribution in [2.45, 2.75) is 6.42 Å². The van der Waals surface area contributed by atoms with Crippen LogP contribution in [0.4, 0.5) is 0 Å². The average Bonchev–Trinajstić information content (AvgIpc) is 2.90. The van der Waals surface area contributed by atoms with Gasteiger partial charge in [0.2, 0.25) is 0 Å². The molecule has 2 aromatic rings. The summed E-state index contributed by atoms with van der Waals surface area (Å²) in [5.41, 5.74) is 1.33. The molecule has 1 aromatic carbocycles. The monoisotopic (exact) mass is 287 g/mol. The molecule has 0 aliphatic carbocycles. The molecule has 2 rings (SSSR count). The van der Waals surface area contributed by atoms with Crippen molar-refractivity contribution in [2.75, 3.05) is 6.54 Å². The van der Waals surface area contributed by atoms with Gasteiger partial charge in [0, 0.05) is 19.8 Å². The van der Waals surface area contributed by atoms with E-state index < -0.39 is 11.9 Å². The Morgan fingerprint density at radius 1 is 1.29 bits per heavy atom. The molecule has 1 amide bonds. The maximum absolute atomic E-state index is 11.9. The molecule has 0 spiro atoms. The maximum atomic E-state index is 11.9. The summed E-state index contributed by atoms with van der Waals surface area (Å²) in [7, 11) is 1.66. The van der Waals surface area contributed by atoms with E-state index in [2.05, 4.69) is 10.4 Å². The zero-order valence-electron chi connectivity index (χ0n) is 11.7. The van der Waals surface area contributed by atoms with Crippen LogP contribution in [0.25, 0.3) is 0 Å². The van der Waals surface area contributed by atoms with E-state index in [1.807, 2.05) is 30.3 Å². The fourth-order valence-corrected chi connectivity index (χ4v) is 2.05. The Bertz CT molecular complexity index is 622. The highest BCUT2D eigenvalue weighted by atomic mass is 16.4. The van der Waals surface area contributed by atoms with Gasteiger partial charge in [-0.25, -0.2) is 0 Å². The van der Waals surface area contributed by atoms with E-state index in [1.165, 1.54) is 10.9 Å². The number of nitrogens with zero attached hydrogens (tertiary/aromatic N) is 2. The van der Waals surface area contributed by atoms with Gasteiger partial charge in [-0.1, -0.05) is 30.3 Å². The summed E-state index contributed by atoms with van der Waals surface area (Å²) < 4.78 is 1.45. The number of carboxylic acids is 1. The predicted molar refractivity (Wildman–Crippen MR) is 76.8 cm³/mol. The fraction of sp³-hybridized carbons (Fsp3) is 0.267. The van der Waals surface area contributed by atoms with Gasteiger partial charge in [0.1, 0.15) is 5.69 Å². The van der Waals surface area contributed by atoms with Gasteiger partial charge in [0.15, 0.2) is 0 Å². The van der Waals surface area contributed by atoms with E-state index in [1.54, 1.807) is 13.1 Å². The fourth-order valence-electron chi connectivity index (χ4n) is 2.05. The topological polar surface area (TPSA) is 84.2 Å². The lowest BCUT2D eigenvalue weighted by molar-refractivity contribution is -0.141. The van der Waals surface area contributed by atoms with Crippen molar-refractivity contribution in [3.8, 4) is 0 Å². The third-order valence-corrected chi connectivity index (χ3v) is 3.24. The molecule has 1 atom stereocenters. The molecule has 6 nitrogen and oxygen atoms in total. The lowest BCUT2D eigenvalue weighted by Gasteiger charge is -2.13. The van der Waals surface area contributed by atoms with Gasteiger partial charge < -0.3 is 10.4 Å². The Hall–Kier alpha value is -2.63. The minimum absolute atomic E-state index is 0.0776. The quantitative estimate of drug-likeness (QED) is 0.833. The normalized spacial score (nSPS) is 11.9. The second kappa shape index (κ2) is 6.69. The SMILES string of the molecule is Cn1nccc1C(=O)NCC(Cc1ccccc1)C(=O)O. The molecular weight excluding hydrogens is 270 g/mol. The van der Waals surface area contributed by atoms with Gasteiger partial charge in [0.25, 0.3) is 5.91 Å². The highest BCUT2D eigenvalue weighted by Crippen LogP contribution is 2.09. The summed E-state index contributed by atoms with van der Waals surface area (Å²) in [6.45, 7) is 0.0776. The molecule has 0 aliphatic heterocycles. The number of rotatable bonds is 6. The van der Waals surface area contributed by atoms with Crippen LogP contribution < -0.4 is 5.32 Å². The Labute approximate surface area is 122 Å². The number of carbonyl (C=O) groups is 2. The summed E-state index contributed by atoms with van der Waals surface area (Å²) in [6, 6.07) is 10.9. The number of carboxylic acid groups (broad SMARTS) is 1. The van der Waals surface area contributed by atoms with E-state index in [9.17, 15) is 14.7 Å². The summed E-state index contributed by atoms with van der Waals surface area (Å²) in [4.78, 5) is 23.2. The molecule has 1 heterocycles. The second-order valence-corrected chi connectivity index (χ2v) is 4.77. The molecule has 1 unspecified atom stereocenters. The average molecular weight is 287 g/mol. The van der Waals surface area contributed by atoms with E-state index in [4.69, 9.17) is 0 Å². The molecule has 0 saturated heterocycles. The largest absolute Gasteiger partial charge is 0.481 e. The van der Waals surface area contributed by atoms with Gasteiger partial charge in [-0.2, -0.15) is 5.10 Å². The Morgan fingerprint density at radius 3 is 2.57 bits per heavy atom. The molecule has 0 radical (unpaired) electrons. The van der Waals surface area contributed by atoms with Crippen molar-refractivity contribution in [3.63, 3.8) is 0 Å². The van der Waals surface area contributed by atoms with Gasteiger partial charge in [0.05, 0.1) is 5.92 Å². The van der Waals surface area contributed by atoms with Crippen LogP contribution in [0, 0.1) is 5.92 Å². The van der Waals surface area contributed by atoms with E-state index in [-0.39, 0.29) is 12.5 Å². The third kappa shape index (κ3) is 3.92. The zero-order chi connectivity index (χ0) is 15.2. The molecule has 110 valence electrons. The van der Waals surface area contributed by atoms with Crippen molar-refractivity contribution in [1.82, 2.24) is 15.1 Å². The first-order valence-corrected chi connectivity index (χ1v) is 6.61. The van der Waals surface area contributed by atoms with Crippen molar-refractivity contribution in [3.05, 3.63) is 53.9 Å². The number of nitrogens with one attached hydrogen (secondary N) is 1. The highest BCUT2D eigenvalue weighted by molar-refractivity contribution is 5.92. The Balaban J connectivity index is 1.96. The first-order chi connectivity index (χ1) is 10.1. The van der Waals surface area contributed by atoms with Crippen LogP contribution >= 0.6 is 0 Å². The van der Waals surface area contributed by atoms with Crippen LogP contribution in [0.2, 0.25) is 0 Å². The summed E-state index contributed by atoms with van der Waals surface area (Å²) >= 11 is 0. The lowest BCUT2D eigenvalue weighted by Crippen LogP contribution is -2.34. The van der Waals surface area contributed by atoms with Gasteiger partial charge >= 0.3 is 5.97 Å². The van der Waals surface area contributed by atoms with E-state index in [0.29, 0.717) is 12.1 Å². The minimum Gasteiger partial charge on any atom is -0.481 e. The zero-order valence-corrected chi connectivity index (χ0v) is 11.7. The molecular formula is C15H17N3O3. The van der Waals surface area contributed by atoms with Gasteiger partial charge in [-0.15, -0.1) is 0 Å². The molecule has 2 N–H and O–H groups in total. The number of aliphatic carboxylic acids is 1. The summed E-state index contributed by atoms with van der Waals surface area (Å²) in [6.07, 6.45) is 1.90. The van der Waals surface area contributed by atoms with Crippen LogP contribution in [0.1, 0.15) is 16.1 Å². The Kier molecular flexibility index (Phi) is 4.71. The van der Waals surface area contributed by atoms with Crippen molar-refractivity contribution in [2.24, 2.45) is 13.0 Å². The third-order valence-electron chi connectivity index (χ3n) is 3.24. The molecule has 0 aliphatic rings. The van der Waals surface area contributed by atoms with E-state index in [0.717, 1.165) is 5.56 Å². The van der Waals surface area contributed by atoms with Gasteiger partial charge in [-0.05, 0) is 18.1 Å². The Morgan fingerprint density at radius 2 is 2.00 bits per heavy atom. The number of hydrogen-bond donors (Lipinski definition) is 2. The number of aryl methyl sites for hydroxylation is 1. The second-order valence-electron chi connectivity index (χ2n) is 4.77. The highest BCUT2D eigenvalue weighted by Gasteiger charge is 2.20.